The SMILES string of the molecule is CC(C)COC(=O)Nc1ccc(F)cc1C(N)=S. The number of nitrogens with one attached hydrogen (secondary N) is 1. The Balaban J connectivity index is 2.78. The molecule has 4 nitrogen and oxygen atoms in total. The van der Waals surface area contributed by atoms with E-state index in [9.17, 15) is 9.18 Å². The summed E-state index contributed by atoms with van der Waals surface area (Å²) in [5.41, 5.74) is 6.06. The summed E-state index contributed by atoms with van der Waals surface area (Å²) >= 11 is 4.79. The van der Waals surface area contributed by atoms with E-state index in [4.69, 9.17) is 22.7 Å². The highest BCUT2D eigenvalue weighted by Gasteiger charge is 2.11. The van der Waals surface area contributed by atoms with Gasteiger partial charge in [-0.25, -0.2) is 9.18 Å². The van der Waals surface area contributed by atoms with E-state index in [-0.39, 0.29) is 16.5 Å². The maximum Gasteiger partial charge on any atom is 0.411 e. The van der Waals surface area contributed by atoms with Crippen LogP contribution in [-0.4, -0.2) is 17.7 Å². The van der Waals surface area contributed by atoms with Crippen molar-refractivity contribution in [2.45, 2.75) is 13.8 Å². The van der Waals surface area contributed by atoms with Gasteiger partial charge in [0.25, 0.3) is 0 Å². The predicted octanol–water partition coefficient (Wildman–Crippen LogP) is 2.66. The molecule has 0 unspecified atom stereocenters. The smallest absolute Gasteiger partial charge is 0.411 e. The number of hydrogen-bond donors (Lipinski definition) is 2. The van der Waals surface area contributed by atoms with Crippen LogP contribution in [0.15, 0.2) is 18.2 Å². The van der Waals surface area contributed by atoms with Gasteiger partial charge in [0.05, 0.1) is 12.3 Å². The van der Waals surface area contributed by atoms with Crippen LogP contribution >= 0.6 is 12.2 Å². The molecule has 1 rings (SSSR count). The molecule has 6 heteroatoms. The third-order valence-corrected chi connectivity index (χ3v) is 2.25. The lowest BCUT2D eigenvalue weighted by atomic mass is 10.1. The highest BCUT2D eigenvalue weighted by atomic mass is 32.1. The summed E-state index contributed by atoms with van der Waals surface area (Å²) in [7, 11) is 0. The molecular formula is C12H15FN2O2S. The normalized spacial score (nSPS) is 10.2. The minimum Gasteiger partial charge on any atom is -0.449 e. The molecule has 0 aliphatic rings. The Morgan fingerprint density at radius 1 is 1.56 bits per heavy atom. The van der Waals surface area contributed by atoms with Gasteiger partial charge in [0, 0.05) is 5.56 Å². The Labute approximate surface area is 110 Å². The number of halogens is 1. The Morgan fingerprint density at radius 2 is 2.22 bits per heavy atom. The Bertz CT molecular complexity index is 463. The summed E-state index contributed by atoms with van der Waals surface area (Å²) in [6.07, 6.45) is -0.618. The Kier molecular flexibility index (Phi) is 5.03. The Hall–Kier alpha value is -1.69. The third-order valence-electron chi connectivity index (χ3n) is 2.03. The van der Waals surface area contributed by atoms with Crippen molar-refractivity contribution in [3.05, 3.63) is 29.6 Å². The second kappa shape index (κ2) is 6.30. The molecule has 0 atom stereocenters. The van der Waals surface area contributed by atoms with Crippen LogP contribution in [0.4, 0.5) is 14.9 Å². The molecule has 0 saturated heterocycles. The zero-order chi connectivity index (χ0) is 13.7. The number of hydrogen-bond acceptors (Lipinski definition) is 3. The van der Waals surface area contributed by atoms with Crippen LogP contribution in [0, 0.1) is 11.7 Å². The molecule has 0 radical (unpaired) electrons. The molecule has 0 fully saturated rings. The molecule has 0 bridgehead atoms. The van der Waals surface area contributed by atoms with Crippen molar-refractivity contribution in [2.24, 2.45) is 11.7 Å². The van der Waals surface area contributed by atoms with E-state index in [1.807, 2.05) is 13.8 Å². The van der Waals surface area contributed by atoms with Crippen molar-refractivity contribution >= 4 is 29.0 Å². The maximum atomic E-state index is 13.0. The average molecular weight is 270 g/mol. The fourth-order valence-electron chi connectivity index (χ4n) is 1.22. The minimum absolute atomic E-state index is 0.00802. The molecule has 1 aromatic carbocycles. The van der Waals surface area contributed by atoms with E-state index in [0.717, 1.165) is 0 Å². The standard InChI is InChI=1S/C12H15FN2O2S/c1-7(2)6-17-12(16)15-10-4-3-8(13)5-9(10)11(14)18/h3-5,7H,6H2,1-2H3,(H2,14,18)(H,15,16). The van der Waals surface area contributed by atoms with Crippen molar-refractivity contribution < 1.29 is 13.9 Å². The fraction of sp³-hybridized carbons (Fsp3) is 0.333. The van der Waals surface area contributed by atoms with E-state index in [1.54, 1.807) is 0 Å². The van der Waals surface area contributed by atoms with Crippen molar-refractivity contribution in [3.8, 4) is 0 Å². The van der Waals surface area contributed by atoms with Crippen LogP contribution in [0.5, 0.6) is 0 Å². The van der Waals surface area contributed by atoms with Gasteiger partial charge in [-0.2, -0.15) is 0 Å². The van der Waals surface area contributed by atoms with Gasteiger partial charge in [-0.15, -0.1) is 0 Å². The summed E-state index contributed by atoms with van der Waals surface area (Å²) in [5, 5.41) is 2.48. The van der Waals surface area contributed by atoms with Gasteiger partial charge in [-0.1, -0.05) is 26.1 Å². The quantitative estimate of drug-likeness (QED) is 0.826. The molecule has 1 aromatic rings. The van der Waals surface area contributed by atoms with Crippen molar-refractivity contribution in [1.82, 2.24) is 0 Å². The lowest BCUT2D eigenvalue weighted by Crippen LogP contribution is -2.20. The Morgan fingerprint density at radius 3 is 2.78 bits per heavy atom. The monoisotopic (exact) mass is 270 g/mol. The molecule has 98 valence electrons. The van der Waals surface area contributed by atoms with Gasteiger partial charge < -0.3 is 10.5 Å². The first-order valence-corrected chi connectivity index (χ1v) is 5.84. The van der Waals surface area contributed by atoms with Crippen molar-refractivity contribution in [3.63, 3.8) is 0 Å². The van der Waals surface area contributed by atoms with Gasteiger partial charge in [-0.3, -0.25) is 5.32 Å². The molecule has 0 heterocycles. The number of anilines is 1. The topological polar surface area (TPSA) is 64.3 Å². The zero-order valence-corrected chi connectivity index (χ0v) is 11.0. The first kappa shape index (κ1) is 14.4. The summed E-state index contributed by atoms with van der Waals surface area (Å²) in [5.74, 6) is -0.238. The van der Waals surface area contributed by atoms with Crippen LogP contribution in [-0.2, 0) is 4.74 Å². The van der Waals surface area contributed by atoms with Gasteiger partial charge in [0.15, 0.2) is 0 Å². The second-order valence-corrected chi connectivity index (χ2v) is 4.61. The van der Waals surface area contributed by atoms with Crippen LogP contribution in [0.25, 0.3) is 0 Å². The molecular weight excluding hydrogens is 255 g/mol. The highest BCUT2D eigenvalue weighted by molar-refractivity contribution is 7.80. The summed E-state index contributed by atoms with van der Waals surface area (Å²) in [6, 6.07) is 3.76. The first-order valence-electron chi connectivity index (χ1n) is 5.43. The van der Waals surface area contributed by atoms with Crippen LogP contribution in [0.3, 0.4) is 0 Å². The molecule has 0 aliphatic carbocycles. The zero-order valence-electron chi connectivity index (χ0n) is 10.2. The van der Waals surface area contributed by atoms with Crippen LogP contribution in [0.2, 0.25) is 0 Å². The van der Waals surface area contributed by atoms with E-state index in [2.05, 4.69) is 5.32 Å². The lowest BCUT2D eigenvalue weighted by molar-refractivity contribution is 0.147. The summed E-state index contributed by atoms with van der Waals surface area (Å²) < 4.78 is 18.0. The third kappa shape index (κ3) is 4.29. The number of rotatable bonds is 4. The van der Waals surface area contributed by atoms with E-state index >= 15 is 0 Å². The van der Waals surface area contributed by atoms with Gasteiger partial charge in [-0.05, 0) is 24.1 Å². The number of thiocarbonyl (C=S) groups is 1. The number of carbonyl (C=O) groups excluding carboxylic acids is 1. The molecule has 1 amide bonds. The largest absolute Gasteiger partial charge is 0.449 e. The van der Waals surface area contributed by atoms with E-state index in [0.29, 0.717) is 12.3 Å². The molecule has 3 N–H and O–H groups in total. The first-order chi connectivity index (χ1) is 8.40. The average Bonchev–Trinajstić information content (AvgIpc) is 2.28. The summed E-state index contributed by atoms with van der Waals surface area (Å²) in [6.45, 7) is 4.15. The highest BCUT2D eigenvalue weighted by Crippen LogP contribution is 2.17. The van der Waals surface area contributed by atoms with Gasteiger partial charge in [0.1, 0.15) is 10.8 Å². The molecule has 0 saturated carbocycles. The van der Waals surface area contributed by atoms with Crippen LogP contribution < -0.4 is 11.1 Å². The second-order valence-electron chi connectivity index (χ2n) is 4.17. The van der Waals surface area contributed by atoms with Gasteiger partial charge >= 0.3 is 6.09 Å². The van der Waals surface area contributed by atoms with Crippen molar-refractivity contribution in [1.29, 1.82) is 0 Å². The molecule has 18 heavy (non-hydrogen) atoms. The van der Waals surface area contributed by atoms with Gasteiger partial charge in [0.2, 0.25) is 0 Å². The number of ether oxygens (including phenoxy) is 1. The fourth-order valence-corrected chi connectivity index (χ4v) is 1.39. The lowest BCUT2D eigenvalue weighted by Gasteiger charge is -2.11. The van der Waals surface area contributed by atoms with Crippen LogP contribution in [0.1, 0.15) is 19.4 Å². The molecule has 0 aromatic heterocycles. The van der Waals surface area contributed by atoms with Crippen molar-refractivity contribution in [2.75, 3.05) is 11.9 Å². The molecule has 0 aliphatic heterocycles. The predicted molar refractivity (Wildman–Crippen MR) is 72.1 cm³/mol. The summed E-state index contributed by atoms with van der Waals surface area (Å²) in [4.78, 5) is 11.5. The number of benzene rings is 1. The number of nitrogens with two attached hydrogens (primary N) is 1. The number of amides is 1. The number of carbonyl (C=O) groups is 1. The minimum atomic E-state index is -0.618. The maximum absolute atomic E-state index is 13.0. The molecule has 0 spiro atoms. The van der Waals surface area contributed by atoms with E-state index in [1.165, 1.54) is 18.2 Å². The van der Waals surface area contributed by atoms with E-state index < -0.39 is 11.9 Å².